The second kappa shape index (κ2) is 9.01. The molecule has 2 heterocycles. The van der Waals surface area contributed by atoms with Gasteiger partial charge in [-0.05, 0) is 38.0 Å². The fourth-order valence-electron chi connectivity index (χ4n) is 3.56. The molecule has 8 heteroatoms. The third kappa shape index (κ3) is 5.60. The predicted octanol–water partition coefficient (Wildman–Crippen LogP) is 0.734. The first-order valence-corrected chi connectivity index (χ1v) is 10.7. The van der Waals surface area contributed by atoms with Crippen molar-refractivity contribution in [3.63, 3.8) is 0 Å². The van der Waals surface area contributed by atoms with Gasteiger partial charge in [0.2, 0.25) is 10.0 Å². The highest BCUT2D eigenvalue weighted by Crippen LogP contribution is 2.20. The fourth-order valence-corrected chi connectivity index (χ4v) is 4.74. The molecule has 1 N–H and O–H groups in total. The molecule has 0 aromatic carbocycles. The molecule has 0 aromatic rings. The summed E-state index contributed by atoms with van der Waals surface area (Å²) in [6.45, 7) is 3.95. The third-order valence-electron chi connectivity index (χ3n) is 5.03. The van der Waals surface area contributed by atoms with Crippen molar-refractivity contribution in [2.75, 3.05) is 53.2 Å². The van der Waals surface area contributed by atoms with Gasteiger partial charge < -0.3 is 15.0 Å². The summed E-state index contributed by atoms with van der Waals surface area (Å²) in [6, 6.07) is 0.0284. The van der Waals surface area contributed by atoms with Crippen LogP contribution in [-0.4, -0.2) is 82.8 Å². The summed E-state index contributed by atoms with van der Waals surface area (Å²) in [6.07, 6.45) is 6.55. The quantitative estimate of drug-likeness (QED) is 0.558. The molecular weight excluding hydrogens is 328 g/mol. The number of sulfonamides is 1. The second-order valence-corrected chi connectivity index (χ2v) is 8.80. The SMILES string of the molecule is CN=C(NC[C@H]1CCCN1S(C)(=O)=O)N(C)CCC1CCOCC1. The minimum Gasteiger partial charge on any atom is -0.381 e. The van der Waals surface area contributed by atoms with Crippen LogP contribution in [0, 0.1) is 5.92 Å². The van der Waals surface area contributed by atoms with Crippen molar-refractivity contribution in [1.82, 2.24) is 14.5 Å². The van der Waals surface area contributed by atoms with Gasteiger partial charge >= 0.3 is 0 Å². The highest BCUT2D eigenvalue weighted by Gasteiger charge is 2.31. The Morgan fingerprint density at radius 1 is 1.33 bits per heavy atom. The Kier molecular flexibility index (Phi) is 7.31. The van der Waals surface area contributed by atoms with Gasteiger partial charge in [0.1, 0.15) is 0 Å². The molecule has 1 atom stereocenters. The van der Waals surface area contributed by atoms with Gasteiger partial charge in [0.15, 0.2) is 5.96 Å². The largest absolute Gasteiger partial charge is 0.381 e. The van der Waals surface area contributed by atoms with Gasteiger partial charge in [0, 0.05) is 53.0 Å². The lowest BCUT2D eigenvalue weighted by Gasteiger charge is -2.28. The van der Waals surface area contributed by atoms with E-state index < -0.39 is 10.0 Å². The van der Waals surface area contributed by atoms with E-state index in [0.717, 1.165) is 63.7 Å². The van der Waals surface area contributed by atoms with E-state index in [4.69, 9.17) is 4.74 Å². The summed E-state index contributed by atoms with van der Waals surface area (Å²) >= 11 is 0. The molecule has 2 aliphatic heterocycles. The molecular formula is C16H32N4O3S. The molecule has 0 aromatic heterocycles. The Morgan fingerprint density at radius 2 is 2.04 bits per heavy atom. The summed E-state index contributed by atoms with van der Waals surface area (Å²) in [4.78, 5) is 6.47. The van der Waals surface area contributed by atoms with Crippen LogP contribution in [0.1, 0.15) is 32.1 Å². The monoisotopic (exact) mass is 360 g/mol. The number of guanidine groups is 1. The molecule has 2 saturated heterocycles. The van der Waals surface area contributed by atoms with Crippen LogP contribution in [0.3, 0.4) is 0 Å². The van der Waals surface area contributed by atoms with Crippen molar-refractivity contribution in [1.29, 1.82) is 0 Å². The molecule has 0 aliphatic carbocycles. The van der Waals surface area contributed by atoms with Gasteiger partial charge in [-0.1, -0.05) is 0 Å². The molecule has 0 radical (unpaired) electrons. The normalized spacial score (nSPS) is 24.3. The van der Waals surface area contributed by atoms with E-state index in [2.05, 4.69) is 15.2 Å². The lowest BCUT2D eigenvalue weighted by Crippen LogP contribution is -2.47. The highest BCUT2D eigenvalue weighted by atomic mass is 32.2. The van der Waals surface area contributed by atoms with Crippen LogP contribution in [0.2, 0.25) is 0 Å². The first kappa shape index (κ1) is 19.5. The molecule has 2 aliphatic rings. The molecule has 140 valence electrons. The lowest BCUT2D eigenvalue weighted by molar-refractivity contribution is 0.0625. The molecule has 24 heavy (non-hydrogen) atoms. The molecule has 0 saturated carbocycles. The second-order valence-electron chi connectivity index (χ2n) is 6.86. The Bertz CT molecular complexity index is 517. The first-order valence-electron chi connectivity index (χ1n) is 8.88. The summed E-state index contributed by atoms with van der Waals surface area (Å²) in [5, 5.41) is 3.35. The number of nitrogens with zero attached hydrogens (tertiary/aromatic N) is 3. The highest BCUT2D eigenvalue weighted by molar-refractivity contribution is 7.88. The zero-order valence-corrected chi connectivity index (χ0v) is 16.0. The minimum atomic E-state index is -3.12. The van der Waals surface area contributed by atoms with Crippen molar-refractivity contribution in [3.8, 4) is 0 Å². The van der Waals surface area contributed by atoms with Gasteiger partial charge in [0.05, 0.1) is 6.26 Å². The average Bonchev–Trinajstić information content (AvgIpc) is 3.03. The van der Waals surface area contributed by atoms with E-state index >= 15 is 0 Å². The maximum Gasteiger partial charge on any atom is 0.211 e. The molecule has 0 unspecified atom stereocenters. The summed E-state index contributed by atoms with van der Waals surface area (Å²) in [7, 11) is 0.690. The Morgan fingerprint density at radius 3 is 2.67 bits per heavy atom. The zero-order chi connectivity index (χ0) is 17.6. The lowest BCUT2D eigenvalue weighted by atomic mass is 9.96. The minimum absolute atomic E-state index is 0.0284. The Labute approximate surface area is 146 Å². The van der Waals surface area contributed by atoms with E-state index in [1.165, 1.54) is 6.26 Å². The number of hydrogen-bond donors (Lipinski definition) is 1. The van der Waals surface area contributed by atoms with Crippen molar-refractivity contribution >= 4 is 16.0 Å². The summed E-state index contributed by atoms with van der Waals surface area (Å²) < 4.78 is 30.6. The summed E-state index contributed by atoms with van der Waals surface area (Å²) in [5.74, 6) is 1.57. The van der Waals surface area contributed by atoms with Crippen molar-refractivity contribution in [2.45, 2.75) is 38.1 Å². The number of ether oxygens (including phenoxy) is 1. The zero-order valence-electron chi connectivity index (χ0n) is 15.2. The van der Waals surface area contributed by atoms with Crippen LogP contribution in [0.4, 0.5) is 0 Å². The van der Waals surface area contributed by atoms with Gasteiger partial charge in [0.25, 0.3) is 0 Å². The molecule has 0 spiro atoms. The van der Waals surface area contributed by atoms with Crippen LogP contribution in [0.25, 0.3) is 0 Å². The number of rotatable bonds is 6. The number of hydrogen-bond acceptors (Lipinski definition) is 4. The van der Waals surface area contributed by atoms with Crippen molar-refractivity contribution in [2.24, 2.45) is 10.9 Å². The maximum atomic E-state index is 11.8. The maximum absolute atomic E-state index is 11.8. The van der Waals surface area contributed by atoms with E-state index in [-0.39, 0.29) is 6.04 Å². The van der Waals surface area contributed by atoms with E-state index in [9.17, 15) is 8.42 Å². The first-order chi connectivity index (χ1) is 11.4. The molecule has 0 amide bonds. The van der Waals surface area contributed by atoms with Crippen LogP contribution in [0.5, 0.6) is 0 Å². The number of aliphatic imine (C=N–C) groups is 1. The van der Waals surface area contributed by atoms with Crippen molar-refractivity contribution in [3.05, 3.63) is 0 Å². The number of nitrogens with one attached hydrogen (secondary N) is 1. The molecule has 7 nitrogen and oxygen atoms in total. The average molecular weight is 361 g/mol. The molecule has 2 rings (SSSR count). The summed E-state index contributed by atoms with van der Waals surface area (Å²) in [5.41, 5.74) is 0. The van der Waals surface area contributed by atoms with Gasteiger partial charge in [-0.25, -0.2) is 8.42 Å². The van der Waals surface area contributed by atoms with Gasteiger partial charge in [-0.15, -0.1) is 0 Å². The van der Waals surface area contributed by atoms with Crippen molar-refractivity contribution < 1.29 is 13.2 Å². The topological polar surface area (TPSA) is 74.2 Å². The van der Waals surface area contributed by atoms with E-state index in [0.29, 0.717) is 13.1 Å². The van der Waals surface area contributed by atoms with Crippen LogP contribution in [-0.2, 0) is 14.8 Å². The van der Waals surface area contributed by atoms with E-state index in [1.54, 1.807) is 11.4 Å². The molecule has 2 fully saturated rings. The smallest absolute Gasteiger partial charge is 0.211 e. The molecule has 0 bridgehead atoms. The Hall–Kier alpha value is -0.860. The van der Waals surface area contributed by atoms with Gasteiger partial charge in [-0.2, -0.15) is 4.31 Å². The van der Waals surface area contributed by atoms with Crippen LogP contribution in [0.15, 0.2) is 4.99 Å². The fraction of sp³-hybridized carbons (Fsp3) is 0.938. The predicted molar refractivity (Wildman–Crippen MR) is 96.7 cm³/mol. The van der Waals surface area contributed by atoms with Crippen LogP contribution >= 0.6 is 0 Å². The Balaban J connectivity index is 1.78. The van der Waals surface area contributed by atoms with Crippen LogP contribution < -0.4 is 5.32 Å². The standard InChI is InChI=1S/C16H32N4O3S/c1-17-16(19(2)10-6-14-7-11-23-12-8-14)18-13-15-5-4-9-20(15)24(3,21)22/h14-15H,4-13H2,1-3H3,(H,17,18)/t15-/m1/s1. The van der Waals surface area contributed by atoms with E-state index in [1.807, 2.05) is 7.05 Å². The van der Waals surface area contributed by atoms with Gasteiger partial charge in [-0.3, -0.25) is 4.99 Å². The third-order valence-corrected chi connectivity index (χ3v) is 6.36.